The minimum Gasteiger partial charge on any atom is -0.767 e. The van der Waals surface area contributed by atoms with Crippen molar-refractivity contribution in [3.63, 3.8) is 0 Å². The first-order valence-corrected chi connectivity index (χ1v) is 4.57. The van der Waals surface area contributed by atoms with Crippen molar-refractivity contribution in [3.8, 4) is 0 Å². The predicted molar refractivity (Wildman–Crippen MR) is 44.1 cm³/mol. The second-order valence-electron chi connectivity index (χ2n) is 1.53. The van der Waals surface area contributed by atoms with E-state index in [2.05, 4.69) is 4.98 Å². The fourth-order valence-corrected chi connectivity index (χ4v) is 1.75. The predicted octanol–water partition coefficient (Wildman–Crippen LogP) is -2.07. The third kappa shape index (κ3) is 3.47. The summed E-state index contributed by atoms with van der Waals surface area (Å²) in [6.07, 6.45) is 1.45. The molecule has 0 saturated carbocycles. The maximum absolute atomic E-state index is 10.4. The van der Waals surface area contributed by atoms with Crippen LogP contribution in [0, 0.1) is 3.57 Å². The van der Waals surface area contributed by atoms with E-state index in [1.54, 1.807) is 12.1 Å². The molecule has 0 N–H and O–H groups in total. The molecule has 1 aromatic heterocycles. The molecule has 1 atom stereocenters. The second-order valence-corrected chi connectivity index (χ2v) is 3.54. The van der Waals surface area contributed by atoms with Gasteiger partial charge in [0.05, 0.1) is 0 Å². The van der Waals surface area contributed by atoms with Crippen molar-refractivity contribution in [2.45, 2.75) is 5.03 Å². The van der Waals surface area contributed by atoms with Gasteiger partial charge in [0.1, 0.15) is 5.03 Å². The molecule has 3 nitrogen and oxygen atoms in total. The van der Waals surface area contributed by atoms with E-state index >= 15 is 0 Å². The summed E-state index contributed by atoms with van der Waals surface area (Å²) < 4.78 is 21.4. The van der Waals surface area contributed by atoms with Gasteiger partial charge in [0, 0.05) is 9.77 Å². The van der Waals surface area contributed by atoms with Crippen molar-refractivity contribution in [2.24, 2.45) is 0 Å². The van der Waals surface area contributed by atoms with E-state index in [0.29, 0.717) is 3.57 Å². The Morgan fingerprint density at radius 1 is 1.64 bits per heavy atom. The van der Waals surface area contributed by atoms with E-state index in [0.717, 1.165) is 0 Å². The Balaban J connectivity index is 0.000001000. The molecule has 0 aliphatic rings. The first-order chi connectivity index (χ1) is 4.72. The SMILES string of the molecule is O=S([O-])c1ncccc1I.[Na+]. The summed E-state index contributed by atoms with van der Waals surface area (Å²) in [6, 6.07) is 3.39. The zero-order valence-corrected chi connectivity index (χ0v) is 10.8. The van der Waals surface area contributed by atoms with Crippen LogP contribution in [0.1, 0.15) is 0 Å². The molecule has 0 radical (unpaired) electrons. The minimum absolute atomic E-state index is 0. The van der Waals surface area contributed by atoms with Crippen LogP contribution < -0.4 is 29.6 Å². The molecule has 0 spiro atoms. The van der Waals surface area contributed by atoms with E-state index in [-0.39, 0.29) is 34.6 Å². The minimum atomic E-state index is -2.21. The fourth-order valence-electron chi connectivity index (χ4n) is 0.494. The quantitative estimate of drug-likeness (QED) is 0.339. The van der Waals surface area contributed by atoms with Crippen LogP contribution >= 0.6 is 22.6 Å². The Hall–Kier alpha value is 0.990. The van der Waals surface area contributed by atoms with E-state index in [9.17, 15) is 8.76 Å². The molecule has 0 amide bonds. The van der Waals surface area contributed by atoms with Gasteiger partial charge in [-0.05, 0) is 45.8 Å². The second kappa shape index (κ2) is 5.60. The average Bonchev–Trinajstić information content (AvgIpc) is 1.88. The molecular formula is C5H3INNaO2S. The van der Waals surface area contributed by atoms with Crippen LogP contribution in [0.2, 0.25) is 0 Å². The third-order valence-electron chi connectivity index (χ3n) is 0.883. The first kappa shape index (κ1) is 12.0. The van der Waals surface area contributed by atoms with Crippen LogP contribution in [-0.4, -0.2) is 13.7 Å². The number of halogens is 1. The van der Waals surface area contributed by atoms with E-state index < -0.39 is 11.1 Å². The summed E-state index contributed by atoms with van der Waals surface area (Å²) in [5, 5.41) is 0.114. The molecule has 0 aliphatic heterocycles. The molecule has 0 aliphatic carbocycles. The Labute approximate surface area is 103 Å². The van der Waals surface area contributed by atoms with Gasteiger partial charge < -0.3 is 4.55 Å². The number of hydrogen-bond acceptors (Lipinski definition) is 3. The van der Waals surface area contributed by atoms with Gasteiger partial charge in [-0.25, -0.2) is 4.98 Å². The van der Waals surface area contributed by atoms with Crippen molar-refractivity contribution in [1.29, 1.82) is 0 Å². The third-order valence-corrected chi connectivity index (χ3v) is 2.76. The molecule has 1 unspecified atom stereocenters. The van der Waals surface area contributed by atoms with Gasteiger partial charge in [-0.15, -0.1) is 0 Å². The normalized spacial score (nSPS) is 11.8. The van der Waals surface area contributed by atoms with Crippen LogP contribution in [0.5, 0.6) is 0 Å². The smallest absolute Gasteiger partial charge is 0.767 e. The van der Waals surface area contributed by atoms with Crippen LogP contribution in [0.4, 0.5) is 0 Å². The van der Waals surface area contributed by atoms with Crippen LogP contribution in [0.3, 0.4) is 0 Å². The van der Waals surface area contributed by atoms with E-state index in [1.807, 2.05) is 22.6 Å². The number of rotatable bonds is 1. The zero-order chi connectivity index (χ0) is 7.56. The molecule has 1 aromatic rings. The largest absolute Gasteiger partial charge is 1.00 e. The Bertz CT molecular complexity index is 270. The van der Waals surface area contributed by atoms with E-state index in [4.69, 9.17) is 0 Å². The molecule has 0 fully saturated rings. The summed E-state index contributed by atoms with van der Waals surface area (Å²) >= 11 is -0.289. The molecule has 0 bridgehead atoms. The van der Waals surface area contributed by atoms with E-state index in [1.165, 1.54) is 6.20 Å². The van der Waals surface area contributed by atoms with Gasteiger partial charge >= 0.3 is 29.6 Å². The monoisotopic (exact) mass is 291 g/mol. The van der Waals surface area contributed by atoms with Crippen LogP contribution in [0.25, 0.3) is 0 Å². The zero-order valence-electron chi connectivity index (χ0n) is 5.78. The van der Waals surface area contributed by atoms with Crippen LogP contribution in [0.15, 0.2) is 23.4 Å². The molecular weight excluding hydrogens is 288 g/mol. The van der Waals surface area contributed by atoms with Crippen molar-refractivity contribution in [1.82, 2.24) is 4.98 Å². The van der Waals surface area contributed by atoms with Crippen molar-refractivity contribution >= 4 is 33.7 Å². The summed E-state index contributed by atoms with van der Waals surface area (Å²) in [5.74, 6) is 0. The number of hydrogen-bond donors (Lipinski definition) is 0. The molecule has 0 aromatic carbocycles. The van der Waals surface area contributed by atoms with Crippen molar-refractivity contribution < 1.29 is 38.3 Å². The summed E-state index contributed by atoms with van der Waals surface area (Å²) in [6.45, 7) is 0. The van der Waals surface area contributed by atoms with Gasteiger partial charge in [0.2, 0.25) is 0 Å². The van der Waals surface area contributed by atoms with Gasteiger partial charge in [-0.2, -0.15) is 0 Å². The summed E-state index contributed by atoms with van der Waals surface area (Å²) in [4.78, 5) is 3.66. The number of pyridine rings is 1. The molecule has 54 valence electrons. The van der Waals surface area contributed by atoms with Gasteiger partial charge in [0.15, 0.2) is 0 Å². The summed E-state index contributed by atoms with van der Waals surface area (Å²) in [7, 11) is 0. The van der Waals surface area contributed by atoms with Gasteiger partial charge in [0.25, 0.3) is 0 Å². The molecule has 6 heteroatoms. The average molecular weight is 291 g/mol. The molecule has 11 heavy (non-hydrogen) atoms. The summed E-state index contributed by atoms with van der Waals surface area (Å²) in [5.41, 5.74) is 0. The maximum atomic E-state index is 10.4. The Morgan fingerprint density at radius 3 is 2.64 bits per heavy atom. The first-order valence-electron chi connectivity index (χ1n) is 2.41. The van der Waals surface area contributed by atoms with Crippen LogP contribution in [-0.2, 0) is 11.1 Å². The molecule has 0 saturated heterocycles. The maximum Gasteiger partial charge on any atom is 1.00 e. The fraction of sp³-hybridized carbons (Fsp3) is 0. The van der Waals surface area contributed by atoms with Crippen molar-refractivity contribution in [3.05, 3.63) is 21.9 Å². The standard InChI is InChI=1S/C5H4INO2S.Na/c6-4-2-1-3-7-5(4)10(8)9;/h1-3H,(H,8,9);/q;+1/p-1. The molecule has 1 heterocycles. The Kier molecular flexibility index (Phi) is 6.11. The topological polar surface area (TPSA) is 53.0 Å². The molecule has 1 rings (SSSR count). The van der Waals surface area contributed by atoms with Crippen molar-refractivity contribution in [2.75, 3.05) is 0 Å². The van der Waals surface area contributed by atoms with Gasteiger partial charge in [-0.1, -0.05) is 0 Å². The Morgan fingerprint density at radius 2 is 2.27 bits per heavy atom. The number of nitrogens with zero attached hydrogens (tertiary/aromatic N) is 1. The number of aromatic nitrogens is 1. The van der Waals surface area contributed by atoms with Gasteiger partial charge in [-0.3, -0.25) is 4.21 Å².